The van der Waals surface area contributed by atoms with Gasteiger partial charge in [0.05, 0.1) is 18.7 Å². The molecule has 0 aliphatic heterocycles. The number of methoxy groups -OCH3 is 1. The van der Waals surface area contributed by atoms with E-state index in [-0.39, 0.29) is 12.4 Å². The van der Waals surface area contributed by atoms with E-state index in [1.54, 1.807) is 30.5 Å². The molecular weight excluding hydrogens is 347 g/mol. The Hall–Kier alpha value is -2.80. The minimum atomic E-state index is -0.384. The summed E-state index contributed by atoms with van der Waals surface area (Å²) in [6.45, 7) is 0.668. The van der Waals surface area contributed by atoms with Crippen LogP contribution in [0.1, 0.15) is 11.1 Å². The van der Waals surface area contributed by atoms with Crippen LogP contribution in [0.25, 0.3) is 0 Å². The summed E-state index contributed by atoms with van der Waals surface area (Å²) in [5.41, 5.74) is 4.70. The van der Waals surface area contributed by atoms with Gasteiger partial charge in [-0.1, -0.05) is 29.8 Å². The van der Waals surface area contributed by atoms with Gasteiger partial charge in [0.2, 0.25) is 0 Å². The van der Waals surface area contributed by atoms with E-state index in [2.05, 4.69) is 15.6 Å². The molecule has 6 nitrogen and oxygen atoms in total. The van der Waals surface area contributed by atoms with Crippen molar-refractivity contribution in [3.63, 3.8) is 0 Å². The molecule has 0 atom stereocenters. The van der Waals surface area contributed by atoms with Crippen LogP contribution in [0.2, 0.25) is 5.02 Å². The Bertz CT molecular complexity index is 843. The Kier molecular flexibility index (Phi) is 5.35. The Morgan fingerprint density at radius 3 is 2.68 bits per heavy atom. The van der Waals surface area contributed by atoms with Crippen LogP contribution in [0.4, 0.5) is 4.39 Å². The molecular formula is C17H16ClFN4O2. The molecule has 0 saturated carbocycles. The van der Waals surface area contributed by atoms with Gasteiger partial charge < -0.3 is 14.9 Å². The second-order valence-electron chi connectivity index (χ2n) is 5.18. The fraction of sp³-hybridized carbons (Fsp3) is 0.176. The van der Waals surface area contributed by atoms with Gasteiger partial charge in [0.25, 0.3) is 0 Å². The maximum atomic E-state index is 13.2. The number of halogens is 2. The number of aromatic nitrogens is 3. The first kappa shape index (κ1) is 17.0. The predicted molar refractivity (Wildman–Crippen MR) is 91.8 cm³/mol. The van der Waals surface area contributed by atoms with E-state index in [4.69, 9.17) is 21.1 Å². The normalized spacial score (nSPS) is 10.5. The van der Waals surface area contributed by atoms with Crippen LogP contribution in [0.3, 0.4) is 0 Å². The van der Waals surface area contributed by atoms with Crippen LogP contribution in [-0.2, 0) is 13.2 Å². The summed E-state index contributed by atoms with van der Waals surface area (Å²) in [6, 6.07) is 9.81. The number of rotatable bonds is 7. The van der Waals surface area contributed by atoms with Crippen molar-refractivity contribution >= 4 is 11.6 Å². The maximum Gasteiger partial charge on any atom is 0.166 e. The highest BCUT2D eigenvalue weighted by Crippen LogP contribution is 2.32. The summed E-state index contributed by atoms with van der Waals surface area (Å²) in [6.07, 6.45) is 3.11. The van der Waals surface area contributed by atoms with Crippen molar-refractivity contribution in [1.82, 2.24) is 14.9 Å². The lowest BCUT2D eigenvalue weighted by atomic mass is 10.2. The minimum Gasteiger partial charge on any atom is -0.493 e. The number of ether oxygens (including phenoxy) is 2. The summed E-state index contributed by atoms with van der Waals surface area (Å²) < 4.78 is 26.1. The van der Waals surface area contributed by atoms with Crippen molar-refractivity contribution in [2.75, 3.05) is 12.5 Å². The summed E-state index contributed by atoms with van der Waals surface area (Å²) in [7, 11) is 1.57. The summed E-state index contributed by atoms with van der Waals surface area (Å²) in [4.78, 5) is 0. The van der Waals surface area contributed by atoms with Crippen LogP contribution in [0, 0.1) is 5.82 Å². The second-order valence-corrected chi connectivity index (χ2v) is 5.58. The lowest BCUT2D eigenvalue weighted by Crippen LogP contribution is -2.13. The highest BCUT2D eigenvalue weighted by Gasteiger charge is 2.12. The van der Waals surface area contributed by atoms with Crippen LogP contribution in [0.5, 0.6) is 11.5 Å². The van der Waals surface area contributed by atoms with Crippen LogP contribution in [-0.4, -0.2) is 22.0 Å². The van der Waals surface area contributed by atoms with E-state index >= 15 is 0 Å². The fourth-order valence-electron chi connectivity index (χ4n) is 2.27. The molecule has 0 spiro atoms. The van der Waals surface area contributed by atoms with E-state index in [9.17, 15) is 4.39 Å². The average Bonchev–Trinajstić information content (AvgIpc) is 3.13. The monoisotopic (exact) mass is 362 g/mol. The average molecular weight is 363 g/mol. The molecule has 0 radical (unpaired) electrons. The molecule has 0 aliphatic carbocycles. The molecule has 130 valence electrons. The molecule has 3 aromatic rings. The van der Waals surface area contributed by atoms with E-state index in [0.717, 1.165) is 5.56 Å². The van der Waals surface area contributed by atoms with Crippen molar-refractivity contribution < 1.29 is 13.9 Å². The number of nitrogens with zero attached hydrogens (tertiary/aromatic N) is 3. The SMILES string of the molecule is COc1cccc(CNn2cnnc2)c1OCc1ccc(F)cc1Cl. The quantitative estimate of drug-likeness (QED) is 0.698. The number of benzene rings is 2. The molecule has 1 N–H and O–H groups in total. The molecule has 25 heavy (non-hydrogen) atoms. The van der Waals surface area contributed by atoms with E-state index in [0.29, 0.717) is 28.6 Å². The zero-order chi connectivity index (χ0) is 17.6. The molecule has 2 aromatic carbocycles. The molecule has 8 heteroatoms. The summed E-state index contributed by atoms with van der Waals surface area (Å²) in [5.74, 6) is 0.803. The van der Waals surface area contributed by atoms with Gasteiger partial charge in [-0.05, 0) is 18.2 Å². The second kappa shape index (κ2) is 7.85. The standard InChI is InChI=1S/C17H16ClFN4O2/c1-24-16-4-2-3-12(8-22-23-10-20-21-11-23)17(16)25-9-13-5-6-14(19)7-15(13)18/h2-7,10-11,22H,8-9H2,1H3. The van der Waals surface area contributed by atoms with E-state index < -0.39 is 0 Å². The van der Waals surface area contributed by atoms with Gasteiger partial charge in [0.15, 0.2) is 11.5 Å². The topological polar surface area (TPSA) is 61.2 Å². The first-order valence-electron chi connectivity index (χ1n) is 7.48. The first-order valence-corrected chi connectivity index (χ1v) is 7.86. The minimum absolute atomic E-state index is 0.194. The third-order valence-electron chi connectivity index (χ3n) is 3.54. The molecule has 1 heterocycles. The van der Waals surface area contributed by atoms with Gasteiger partial charge in [-0.3, -0.25) is 0 Å². The zero-order valence-corrected chi connectivity index (χ0v) is 14.2. The molecule has 0 fully saturated rings. The van der Waals surface area contributed by atoms with Gasteiger partial charge in [-0.15, -0.1) is 10.2 Å². The first-order chi connectivity index (χ1) is 12.2. The molecule has 0 unspecified atom stereocenters. The number of nitrogens with one attached hydrogen (secondary N) is 1. The lowest BCUT2D eigenvalue weighted by molar-refractivity contribution is 0.281. The number of para-hydroxylation sites is 1. The number of hydrogen-bond acceptors (Lipinski definition) is 5. The third kappa shape index (κ3) is 4.19. The Balaban J connectivity index is 1.78. The van der Waals surface area contributed by atoms with Crippen molar-refractivity contribution in [3.05, 3.63) is 71.0 Å². The van der Waals surface area contributed by atoms with Gasteiger partial charge >= 0.3 is 0 Å². The van der Waals surface area contributed by atoms with Gasteiger partial charge in [-0.2, -0.15) is 0 Å². The largest absolute Gasteiger partial charge is 0.493 e. The lowest BCUT2D eigenvalue weighted by Gasteiger charge is -2.16. The molecule has 3 rings (SSSR count). The Morgan fingerprint density at radius 2 is 1.96 bits per heavy atom. The highest BCUT2D eigenvalue weighted by atomic mass is 35.5. The van der Waals surface area contributed by atoms with Gasteiger partial charge in [0, 0.05) is 11.1 Å². The molecule has 0 amide bonds. The van der Waals surface area contributed by atoms with Crippen LogP contribution < -0.4 is 14.9 Å². The molecule has 0 aliphatic rings. The smallest absolute Gasteiger partial charge is 0.166 e. The Labute approximate surface area is 149 Å². The van der Waals surface area contributed by atoms with Gasteiger partial charge in [0.1, 0.15) is 25.1 Å². The van der Waals surface area contributed by atoms with Gasteiger partial charge in [-0.25, -0.2) is 9.07 Å². The summed E-state index contributed by atoms with van der Waals surface area (Å²) >= 11 is 6.06. The maximum absolute atomic E-state index is 13.2. The summed E-state index contributed by atoms with van der Waals surface area (Å²) in [5, 5.41) is 7.78. The van der Waals surface area contributed by atoms with Crippen LogP contribution in [0.15, 0.2) is 49.1 Å². The Morgan fingerprint density at radius 1 is 1.16 bits per heavy atom. The van der Waals surface area contributed by atoms with E-state index in [1.165, 1.54) is 12.1 Å². The van der Waals surface area contributed by atoms with Crippen molar-refractivity contribution in [1.29, 1.82) is 0 Å². The third-order valence-corrected chi connectivity index (χ3v) is 3.89. The van der Waals surface area contributed by atoms with Crippen molar-refractivity contribution in [3.8, 4) is 11.5 Å². The predicted octanol–water partition coefficient (Wildman–Crippen LogP) is 3.40. The number of hydrogen-bond donors (Lipinski definition) is 1. The zero-order valence-electron chi connectivity index (χ0n) is 13.4. The van der Waals surface area contributed by atoms with Crippen molar-refractivity contribution in [2.24, 2.45) is 0 Å². The highest BCUT2D eigenvalue weighted by molar-refractivity contribution is 6.31. The molecule has 0 saturated heterocycles. The molecule has 1 aromatic heterocycles. The van der Waals surface area contributed by atoms with E-state index in [1.807, 2.05) is 18.2 Å². The van der Waals surface area contributed by atoms with Crippen LogP contribution >= 0.6 is 11.6 Å². The van der Waals surface area contributed by atoms with Crippen molar-refractivity contribution in [2.45, 2.75) is 13.2 Å². The molecule has 0 bridgehead atoms. The fourth-order valence-corrected chi connectivity index (χ4v) is 2.49.